The molecule has 1 aliphatic carbocycles. The molecule has 1 aromatic rings. The maximum absolute atomic E-state index is 4.57. The van der Waals surface area contributed by atoms with Crippen LogP contribution in [0.4, 0.5) is 11.6 Å². The molecule has 1 fully saturated rings. The van der Waals surface area contributed by atoms with Crippen LogP contribution in [0.2, 0.25) is 0 Å². The van der Waals surface area contributed by atoms with E-state index in [0.717, 1.165) is 55.2 Å². The highest BCUT2D eigenvalue weighted by molar-refractivity contribution is 5.47. The Balaban J connectivity index is 2.01. The number of nitrogens with one attached hydrogen (secondary N) is 2. The summed E-state index contributed by atoms with van der Waals surface area (Å²) >= 11 is 0. The summed E-state index contributed by atoms with van der Waals surface area (Å²) in [7, 11) is 0. The van der Waals surface area contributed by atoms with Gasteiger partial charge in [-0.25, -0.2) is 9.97 Å². The Morgan fingerprint density at radius 2 is 1.89 bits per heavy atom. The average molecular weight is 248 g/mol. The van der Waals surface area contributed by atoms with Crippen LogP contribution in [0.15, 0.2) is 6.07 Å². The minimum atomic E-state index is 0.831. The second kappa shape index (κ2) is 6.03. The molecule has 2 unspecified atom stereocenters. The van der Waals surface area contributed by atoms with Crippen molar-refractivity contribution in [1.82, 2.24) is 9.97 Å². The lowest BCUT2D eigenvalue weighted by molar-refractivity contribution is 0.779. The van der Waals surface area contributed by atoms with Crippen molar-refractivity contribution in [3.63, 3.8) is 0 Å². The van der Waals surface area contributed by atoms with Crippen molar-refractivity contribution in [2.24, 2.45) is 11.8 Å². The first-order valence-electron chi connectivity index (χ1n) is 7.08. The molecular formula is C14H24N4. The molecule has 1 saturated carbocycles. The molecule has 1 aromatic heterocycles. The second-order valence-electron chi connectivity index (χ2n) is 5.19. The van der Waals surface area contributed by atoms with Crippen molar-refractivity contribution in [2.75, 3.05) is 23.7 Å². The Labute approximate surface area is 110 Å². The van der Waals surface area contributed by atoms with Crippen LogP contribution in [-0.4, -0.2) is 23.1 Å². The van der Waals surface area contributed by atoms with E-state index < -0.39 is 0 Å². The summed E-state index contributed by atoms with van der Waals surface area (Å²) in [6, 6.07) is 2.01. The summed E-state index contributed by atoms with van der Waals surface area (Å²) in [6.45, 7) is 8.47. The van der Waals surface area contributed by atoms with Gasteiger partial charge in [0.2, 0.25) is 0 Å². The van der Waals surface area contributed by atoms with Gasteiger partial charge in [-0.2, -0.15) is 0 Å². The molecule has 0 spiro atoms. The Morgan fingerprint density at radius 1 is 1.22 bits per heavy atom. The van der Waals surface area contributed by atoms with Crippen LogP contribution in [0, 0.1) is 11.8 Å². The molecule has 1 aliphatic rings. The number of aromatic nitrogens is 2. The normalized spacial score (nSPS) is 21.7. The zero-order chi connectivity index (χ0) is 13.0. The molecule has 4 heteroatoms. The van der Waals surface area contributed by atoms with Gasteiger partial charge in [0, 0.05) is 25.6 Å². The van der Waals surface area contributed by atoms with E-state index in [-0.39, 0.29) is 0 Å². The zero-order valence-corrected chi connectivity index (χ0v) is 11.7. The lowest BCUT2D eigenvalue weighted by Gasteiger charge is -2.10. The van der Waals surface area contributed by atoms with Crippen molar-refractivity contribution in [3.05, 3.63) is 11.9 Å². The number of aryl methyl sites for hydroxylation is 1. The summed E-state index contributed by atoms with van der Waals surface area (Å²) in [5.74, 6) is 4.54. The molecule has 2 N–H and O–H groups in total. The number of anilines is 2. The topological polar surface area (TPSA) is 49.8 Å². The molecule has 4 nitrogen and oxygen atoms in total. The smallest absolute Gasteiger partial charge is 0.133 e. The van der Waals surface area contributed by atoms with Gasteiger partial charge in [-0.1, -0.05) is 13.8 Å². The fraction of sp³-hybridized carbons (Fsp3) is 0.714. The molecule has 0 amide bonds. The molecule has 18 heavy (non-hydrogen) atoms. The third-order valence-corrected chi connectivity index (χ3v) is 3.43. The first-order chi connectivity index (χ1) is 8.72. The molecule has 0 radical (unpaired) electrons. The van der Waals surface area contributed by atoms with Gasteiger partial charge in [0.15, 0.2) is 0 Å². The standard InChI is InChI=1S/C14H24N4/c1-4-6-12-17-13(15-5-2)8-14(18-12)16-9-11-7-10(11)3/h8,10-11H,4-7,9H2,1-3H3,(H2,15,16,17,18). The Bertz CT molecular complexity index is 367. The largest absolute Gasteiger partial charge is 0.370 e. The van der Waals surface area contributed by atoms with Gasteiger partial charge in [0.25, 0.3) is 0 Å². The molecule has 2 rings (SSSR count). The fourth-order valence-corrected chi connectivity index (χ4v) is 2.11. The van der Waals surface area contributed by atoms with E-state index in [0.29, 0.717) is 0 Å². The predicted octanol–water partition coefficient (Wildman–Crippen LogP) is 2.93. The molecule has 100 valence electrons. The summed E-state index contributed by atoms with van der Waals surface area (Å²) < 4.78 is 0. The van der Waals surface area contributed by atoms with E-state index in [1.165, 1.54) is 6.42 Å². The lowest BCUT2D eigenvalue weighted by atomic mass is 10.3. The minimum absolute atomic E-state index is 0.831. The van der Waals surface area contributed by atoms with Crippen LogP contribution in [0.3, 0.4) is 0 Å². The summed E-state index contributed by atoms with van der Waals surface area (Å²) in [6.07, 6.45) is 3.36. The molecule has 0 aromatic carbocycles. The summed E-state index contributed by atoms with van der Waals surface area (Å²) in [5, 5.41) is 6.71. The highest BCUT2D eigenvalue weighted by Crippen LogP contribution is 2.37. The number of hydrogen-bond acceptors (Lipinski definition) is 4. The summed E-state index contributed by atoms with van der Waals surface area (Å²) in [4.78, 5) is 9.08. The molecule has 0 aliphatic heterocycles. The summed E-state index contributed by atoms with van der Waals surface area (Å²) in [5.41, 5.74) is 0. The Kier molecular flexibility index (Phi) is 4.39. The molecule has 0 saturated heterocycles. The van der Waals surface area contributed by atoms with Crippen LogP contribution >= 0.6 is 0 Å². The van der Waals surface area contributed by atoms with Gasteiger partial charge in [0.05, 0.1) is 0 Å². The van der Waals surface area contributed by atoms with Gasteiger partial charge < -0.3 is 10.6 Å². The van der Waals surface area contributed by atoms with E-state index in [1.807, 2.05) is 6.07 Å². The van der Waals surface area contributed by atoms with E-state index >= 15 is 0 Å². The third kappa shape index (κ3) is 3.59. The van der Waals surface area contributed by atoms with Crippen LogP contribution in [0.25, 0.3) is 0 Å². The van der Waals surface area contributed by atoms with E-state index in [9.17, 15) is 0 Å². The van der Waals surface area contributed by atoms with Crippen LogP contribution in [-0.2, 0) is 6.42 Å². The highest BCUT2D eigenvalue weighted by atomic mass is 15.1. The van der Waals surface area contributed by atoms with Crippen LogP contribution in [0.5, 0.6) is 0 Å². The molecule has 0 bridgehead atoms. The monoisotopic (exact) mass is 248 g/mol. The van der Waals surface area contributed by atoms with E-state index in [2.05, 4.69) is 41.4 Å². The number of rotatable bonds is 7. The maximum Gasteiger partial charge on any atom is 0.133 e. The van der Waals surface area contributed by atoms with Gasteiger partial charge in [-0.3, -0.25) is 0 Å². The van der Waals surface area contributed by atoms with Crippen molar-refractivity contribution in [3.8, 4) is 0 Å². The average Bonchev–Trinajstić information content (AvgIpc) is 3.04. The molecular weight excluding hydrogens is 224 g/mol. The van der Waals surface area contributed by atoms with Gasteiger partial charge >= 0.3 is 0 Å². The second-order valence-corrected chi connectivity index (χ2v) is 5.19. The fourth-order valence-electron chi connectivity index (χ4n) is 2.11. The number of hydrogen-bond donors (Lipinski definition) is 2. The number of nitrogens with zero attached hydrogens (tertiary/aromatic N) is 2. The van der Waals surface area contributed by atoms with Gasteiger partial charge in [-0.05, 0) is 31.6 Å². The lowest BCUT2D eigenvalue weighted by Crippen LogP contribution is -2.10. The molecule has 1 heterocycles. The third-order valence-electron chi connectivity index (χ3n) is 3.43. The Hall–Kier alpha value is -1.32. The van der Waals surface area contributed by atoms with Crippen molar-refractivity contribution in [2.45, 2.75) is 40.0 Å². The first-order valence-corrected chi connectivity index (χ1v) is 7.08. The van der Waals surface area contributed by atoms with Crippen LogP contribution in [0.1, 0.15) is 39.4 Å². The highest BCUT2D eigenvalue weighted by Gasteiger charge is 2.31. The maximum atomic E-state index is 4.57. The first kappa shape index (κ1) is 13.1. The SMILES string of the molecule is CCCc1nc(NCC)cc(NCC2CC2C)n1. The van der Waals surface area contributed by atoms with E-state index in [1.54, 1.807) is 0 Å². The van der Waals surface area contributed by atoms with Gasteiger partial charge in [0.1, 0.15) is 17.5 Å². The van der Waals surface area contributed by atoms with Crippen molar-refractivity contribution < 1.29 is 0 Å². The predicted molar refractivity (Wildman–Crippen MR) is 76.0 cm³/mol. The zero-order valence-electron chi connectivity index (χ0n) is 11.7. The minimum Gasteiger partial charge on any atom is -0.370 e. The Morgan fingerprint density at radius 3 is 2.44 bits per heavy atom. The van der Waals surface area contributed by atoms with E-state index in [4.69, 9.17) is 0 Å². The van der Waals surface area contributed by atoms with Crippen molar-refractivity contribution in [1.29, 1.82) is 0 Å². The molecule has 2 atom stereocenters. The van der Waals surface area contributed by atoms with Crippen molar-refractivity contribution >= 4 is 11.6 Å². The van der Waals surface area contributed by atoms with Gasteiger partial charge in [-0.15, -0.1) is 0 Å². The van der Waals surface area contributed by atoms with Crippen LogP contribution < -0.4 is 10.6 Å². The quantitative estimate of drug-likeness (QED) is 0.779.